The van der Waals surface area contributed by atoms with Crippen LogP contribution in [0.2, 0.25) is 0 Å². The Morgan fingerprint density at radius 1 is 1.24 bits per heavy atom. The molecule has 1 aliphatic heterocycles. The van der Waals surface area contributed by atoms with Gasteiger partial charge >= 0.3 is 5.97 Å². The van der Waals surface area contributed by atoms with E-state index in [0.29, 0.717) is 12.2 Å². The van der Waals surface area contributed by atoms with Gasteiger partial charge in [-0.25, -0.2) is 0 Å². The standard InChI is InChI=1S/C22H23BrN2O4/c1-14-10-18(8-9-19(14)23)24-20(26)13-29-22(28)17-11-21(27)25(12-17)15(2)16-6-4-3-5-7-16/h3-10,15,17H,11-13H2,1-2H3,(H,24,26)/t15-,17-/m0/s1. The van der Waals surface area contributed by atoms with Crippen molar-refractivity contribution >= 4 is 39.4 Å². The summed E-state index contributed by atoms with van der Waals surface area (Å²) in [5.41, 5.74) is 2.63. The van der Waals surface area contributed by atoms with E-state index in [1.165, 1.54) is 0 Å². The van der Waals surface area contributed by atoms with Crippen molar-refractivity contribution in [3.05, 3.63) is 64.1 Å². The van der Waals surface area contributed by atoms with Crippen molar-refractivity contribution in [3.63, 3.8) is 0 Å². The topological polar surface area (TPSA) is 75.7 Å². The maximum atomic E-state index is 12.4. The van der Waals surface area contributed by atoms with Gasteiger partial charge in [0.1, 0.15) is 0 Å². The lowest BCUT2D eigenvalue weighted by Crippen LogP contribution is -2.30. The summed E-state index contributed by atoms with van der Waals surface area (Å²) in [6, 6.07) is 15.0. The van der Waals surface area contributed by atoms with Crippen LogP contribution >= 0.6 is 15.9 Å². The smallest absolute Gasteiger partial charge is 0.311 e. The summed E-state index contributed by atoms with van der Waals surface area (Å²) >= 11 is 3.40. The molecule has 0 saturated carbocycles. The molecule has 1 saturated heterocycles. The van der Waals surface area contributed by atoms with Crippen molar-refractivity contribution in [2.24, 2.45) is 5.92 Å². The van der Waals surface area contributed by atoms with Gasteiger partial charge in [-0.15, -0.1) is 0 Å². The Hall–Kier alpha value is -2.67. The zero-order valence-electron chi connectivity index (χ0n) is 16.4. The van der Waals surface area contributed by atoms with Gasteiger partial charge < -0.3 is 15.0 Å². The van der Waals surface area contributed by atoms with Gasteiger partial charge in [-0.05, 0) is 43.2 Å². The van der Waals surface area contributed by atoms with Crippen LogP contribution in [-0.4, -0.2) is 35.8 Å². The number of ether oxygens (including phenoxy) is 1. The molecule has 0 aromatic heterocycles. The first-order valence-corrected chi connectivity index (χ1v) is 10.2. The quantitative estimate of drug-likeness (QED) is 0.666. The first-order valence-electron chi connectivity index (χ1n) is 9.42. The number of benzene rings is 2. The molecular formula is C22H23BrN2O4. The van der Waals surface area contributed by atoms with Crippen LogP contribution in [0.3, 0.4) is 0 Å². The molecule has 2 amide bonds. The van der Waals surface area contributed by atoms with Crippen LogP contribution in [0.4, 0.5) is 5.69 Å². The van der Waals surface area contributed by atoms with E-state index in [1.807, 2.05) is 56.3 Å². The molecule has 0 unspecified atom stereocenters. The van der Waals surface area contributed by atoms with Crippen molar-refractivity contribution in [2.75, 3.05) is 18.5 Å². The van der Waals surface area contributed by atoms with E-state index in [1.54, 1.807) is 11.0 Å². The Kier molecular flexibility index (Phi) is 6.69. The number of halogens is 1. The van der Waals surface area contributed by atoms with Crippen LogP contribution < -0.4 is 5.32 Å². The van der Waals surface area contributed by atoms with Crippen molar-refractivity contribution < 1.29 is 19.1 Å². The Morgan fingerprint density at radius 2 is 1.97 bits per heavy atom. The van der Waals surface area contributed by atoms with Crippen LogP contribution in [0.25, 0.3) is 0 Å². The fourth-order valence-corrected chi connectivity index (χ4v) is 3.60. The molecule has 0 aliphatic carbocycles. The Balaban J connectivity index is 1.51. The maximum Gasteiger partial charge on any atom is 0.311 e. The molecule has 0 radical (unpaired) electrons. The highest BCUT2D eigenvalue weighted by Gasteiger charge is 2.38. The number of amides is 2. The number of aryl methyl sites for hydroxylation is 1. The predicted molar refractivity (Wildman–Crippen MR) is 113 cm³/mol. The molecule has 2 atom stereocenters. The fraction of sp³-hybridized carbons (Fsp3) is 0.318. The third kappa shape index (κ3) is 5.23. The molecule has 1 aliphatic rings. The van der Waals surface area contributed by atoms with Gasteiger partial charge in [0.2, 0.25) is 5.91 Å². The number of hydrogen-bond acceptors (Lipinski definition) is 4. The molecule has 2 aromatic carbocycles. The minimum atomic E-state index is -0.559. The number of nitrogens with one attached hydrogen (secondary N) is 1. The van der Waals surface area contributed by atoms with Crippen molar-refractivity contribution in [3.8, 4) is 0 Å². The average Bonchev–Trinajstić information content (AvgIpc) is 3.11. The maximum absolute atomic E-state index is 12.4. The van der Waals surface area contributed by atoms with Gasteiger partial charge in [-0.1, -0.05) is 46.3 Å². The lowest BCUT2D eigenvalue weighted by atomic mass is 10.1. The molecule has 29 heavy (non-hydrogen) atoms. The minimum Gasteiger partial charge on any atom is -0.455 e. The highest BCUT2D eigenvalue weighted by atomic mass is 79.9. The number of anilines is 1. The number of carbonyl (C=O) groups excluding carboxylic acids is 3. The van der Waals surface area contributed by atoms with Crippen LogP contribution in [0.5, 0.6) is 0 Å². The van der Waals surface area contributed by atoms with Gasteiger partial charge in [0.25, 0.3) is 5.91 Å². The van der Waals surface area contributed by atoms with Crippen LogP contribution in [0.1, 0.15) is 30.5 Å². The molecule has 2 aromatic rings. The van der Waals surface area contributed by atoms with E-state index >= 15 is 0 Å². The zero-order valence-corrected chi connectivity index (χ0v) is 17.9. The van der Waals surface area contributed by atoms with E-state index in [9.17, 15) is 14.4 Å². The van der Waals surface area contributed by atoms with E-state index in [0.717, 1.165) is 15.6 Å². The second kappa shape index (κ2) is 9.22. The number of rotatable bonds is 6. The lowest BCUT2D eigenvalue weighted by Gasteiger charge is -2.25. The first kappa shape index (κ1) is 21.0. The van der Waals surface area contributed by atoms with Crippen LogP contribution in [0, 0.1) is 12.8 Å². The molecule has 0 bridgehead atoms. The third-order valence-electron chi connectivity index (χ3n) is 5.03. The summed E-state index contributed by atoms with van der Waals surface area (Å²) in [5.74, 6) is -1.59. The molecule has 152 valence electrons. The van der Waals surface area contributed by atoms with Crippen molar-refractivity contribution in [1.82, 2.24) is 4.90 Å². The number of likely N-dealkylation sites (tertiary alicyclic amines) is 1. The second-order valence-electron chi connectivity index (χ2n) is 7.15. The van der Waals surface area contributed by atoms with Crippen molar-refractivity contribution in [1.29, 1.82) is 0 Å². The molecule has 1 N–H and O–H groups in total. The van der Waals surface area contributed by atoms with Crippen LogP contribution in [0.15, 0.2) is 53.0 Å². The van der Waals surface area contributed by atoms with Gasteiger partial charge in [0.05, 0.1) is 12.0 Å². The zero-order chi connectivity index (χ0) is 21.0. The van der Waals surface area contributed by atoms with E-state index in [2.05, 4.69) is 21.2 Å². The fourth-order valence-electron chi connectivity index (χ4n) is 3.35. The molecule has 1 heterocycles. The SMILES string of the molecule is Cc1cc(NC(=O)COC(=O)[C@H]2CC(=O)N([C@@H](C)c3ccccc3)C2)ccc1Br. The predicted octanol–water partition coefficient (Wildman–Crippen LogP) is 3.85. The minimum absolute atomic E-state index is 0.0851. The third-order valence-corrected chi connectivity index (χ3v) is 5.92. The Morgan fingerprint density at radius 3 is 2.66 bits per heavy atom. The molecule has 3 rings (SSSR count). The number of nitrogens with zero attached hydrogens (tertiary/aromatic N) is 1. The Bertz CT molecular complexity index is 916. The van der Waals surface area contributed by atoms with E-state index in [4.69, 9.17) is 4.74 Å². The van der Waals surface area contributed by atoms with Crippen molar-refractivity contribution in [2.45, 2.75) is 26.3 Å². The second-order valence-corrected chi connectivity index (χ2v) is 8.01. The number of esters is 1. The van der Waals surface area contributed by atoms with Gasteiger partial charge in [-0.3, -0.25) is 14.4 Å². The summed E-state index contributed by atoms with van der Waals surface area (Å²) in [6.07, 6.45) is 0.101. The highest BCUT2D eigenvalue weighted by molar-refractivity contribution is 9.10. The molecule has 7 heteroatoms. The summed E-state index contributed by atoms with van der Waals surface area (Å²) in [7, 11) is 0. The summed E-state index contributed by atoms with van der Waals surface area (Å²) in [6.45, 7) is 3.77. The van der Waals surface area contributed by atoms with E-state index in [-0.39, 0.29) is 25.0 Å². The first-order chi connectivity index (χ1) is 13.8. The summed E-state index contributed by atoms with van der Waals surface area (Å²) in [4.78, 5) is 38.5. The largest absolute Gasteiger partial charge is 0.455 e. The average molecular weight is 459 g/mol. The number of hydrogen-bond donors (Lipinski definition) is 1. The van der Waals surface area contributed by atoms with E-state index < -0.39 is 17.8 Å². The normalized spacial score (nSPS) is 17.1. The monoisotopic (exact) mass is 458 g/mol. The van der Waals surface area contributed by atoms with Gasteiger partial charge in [0, 0.05) is 23.1 Å². The molecule has 6 nitrogen and oxygen atoms in total. The van der Waals surface area contributed by atoms with Gasteiger partial charge in [-0.2, -0.15) is 0 Å². The molecule has 0 spiro atoms. The summed E-state index contributed by atoms with van der Waals surface area (Å²) in [5, 5.41) is 2.70. The molecule has 1 fully saturated rings. The summed E-state index contributed by atoms with van der Waals surface area (Å²) < 4.78 is 6.10. The molecular weight excluding hydrogens is 436 g/mol. The lowest BCUT2D eigenvalue weighted by molar-refractivity contribution is -0.151. The highest BCUT2D eigenvalue weighted by Crippen LogP contribution is 2.29. The Labute approximate surface area is 178 Å². The van der Waals surface area contributed by atoms with Gasteiger partial charge in [0.15, 0.2) is 6.61 Å². The van der Waals surface area contributed by atoms with Crippen LogP contribution in [-0.2, 0) is 19.1 Å². The number of carbonyl (C=O) groups is 3.